The molecule has 1 fully saturated rings. The largest absolute Gasteiger partial charge is 0.395 e. The fourth-order valence-electron chi connectivity index (χ4n) is 2.27. The van der Waals surface area contributed by atoms with Crippen molar-refractivity contribution in [2.45, 2.75) is 31.3 Å². The van der Waals surface area contributed by atoms with Crippen molar-refractivity contribution >= 4 is 0 Å². The average Bonchev–Trinajstić information content (AvgIpc) is 2.33. The van der Waals surface area contributed by atoms with Crippen LogP contribution in [0.5, 0.6) is 0 Å². The highest BCUT2D eigenvalue weighted by atomic mass is 16.3. The van der Waals surface area contributed by atoms with Gasteiger partial charge in [0.2, 0.25) is 0 Å². The van der Waals surface area contributed by atoms with Gasteiger partial charge in [-0.2, -0.15) is 5.26 Å². The predicted octanol–water partition coefficient (Wildman–Crippen LogP) is 1.48. The number of aliphatic hydroxyl groups is 1. The molecule has 2 N–H and O–H groups in total. The van der Waals surface area contributed by atoms with Crippen molar-refractivity contribution < 1.29 is 5.11 Å². The van der Waals surface area contributed by atoms with E-state index >= 15 is 0 Å². The molecule has 1 saturated carbocycles. The number of rotatable bonds is 5. The second-order valence-corrected chi connectivity index (χ2v) is 4.73. The summed E-state index contributed by atoms with van der Waals surface area (Å²) in [4.78, 5) is 0. The summed E-state index contributed by atoms with van der Waals surface area (Å²) in [5.74, 6) is 0.212. The molecule has 1 atom stereocenters. The lowest BCUT2D eigenvalue weighted by Gasteiger charge is -2.34. The maximum atomic E-state index is 9.35. The molecule has 1 aliphatic rings. The normalized spacial score (nSPS) is 24.7. The molecule has 0 saturated heterocycles. The number of nitrogens with zero attached hydrogens (tertiary/aromatic N) is 1. The summed E-state index contributed by atoms with van der Waals surface area (Å²) in [5, 5.41) is 21.5. The van der Waals surface area contributed by atoms with Crippen molar-refractivity contribution in [2.75, 3.05) is 6.61 Å². The molecule has 0 spiro atoms. The van der Waals surface area contributed by atoms with Gasteiger partial charge in [0.25, 0.3) is 0 Å². The highest BCUT2D eigenvalue weighted by molar-refractivity contribution is 5.16. The Bertz CT molecular complexity index is 379. The minimum Gasteiger partial charge on any atom is -0.395 e. The molecule has 3 nitrogen and oxygen atoms in total. The molecule has 0 amide bonds. The van der Waals surface area contributed by atoms with E-state index < -0.39 is 0 Å². The summed E-state index contributed by atoms with van der Waals surface area (Å²) < 4.78 is 0. The first-order valence-corrected chi connectivity index (χ1v) is 6.12. The standard InChI is InChI=1S/C14H18N2O/c15-9-12-7-13(8-12)16-14(10-17)6-11-4-2-1-3-5-11/h1-5,12-14,16-17H,6-8,10H2/t12?,13?,14-/m1/s1. The SMILES string of the molecule is N#CC1CC(N[C@@H](CO)Cc2ccccc2)C1. The van der Waals surface area contributed by atoms with Gasteiger partial charge in [0.15, 0.2) is 0 Å². The zero-order valence-corrected chi connectivity index (χ0v) is 9.84. The summed E-state index contributed by atoms with van der Waals surface area (Å²) in [7, 11) is 0. The first-order chi connectivity index (χ1) is 8.31. The van der Waals surface area contributed by atoms with Crippen molar-refractivity contribution in [1.29, 1.82) is 5.26 Å². The fraction of sp³-hybridized carbons (Fsp3) is 0.500. The predicted molar refractivity (Wildman–Crippen MR) is 66.3 cm³/mol. The molecule has 0 radical (unpaired) electrons. The highest BCUT2D eigenvalue weighted by Gasteiger charge is 2.30. The molecule has 0 unspecified atom stereocenters. The van der Waals surface area contributed by atoms with Gasteiger partial charge in [-0.3, -0.25) is 0 Å². The van der Waals surface area contributed by atoms with Crippen LogP contribution in [0, 0.1) is 17.2 Å². The van der Waals surface area contributed by atoms with Crippen molar-refractivity contribution in [3.05, 3.63) is 35.9 Å². The van der Waals surface area contributed by atoms with Gasteiger partial charge in [-0.05, 0) is 24.8 Å². The van der Waals surface area contributed by atoms with Gasteiger partial charge in [0, 0.05) is 18.0 Å². The molecule has 1 aromatic carbocycles. The van der Waals surface area contributed by atoms with Gasteiger partial charge in [-0.15, -0.1) is 0 Å². The van der Waals surface area contributed by atoms with Gasteiger partial charge in [0.05, 0.1) is 12.7 Å². The summed E-state index contributed by atoms with van der Waals surface area (Å²) in [6.07, 6.45) is 2.68. The Morgan fingerprint density at radius 3 is 2.65 bits per heavy atom. The molecule has 1 aromatic rings. The van der Waals surface area contributed by atoms with Gasteiger partial charge < -0.3 is 10.4 Å². The van der Waals surface area contributed by atoms with E-state index in [1.807, 2.05) is 18.2 Å². The fourth-order valence-corrected chi connectivity index (χ4v) is 2.27. The van der Waals surface area contributed by atoms with Crippen molar-refractivity contribution in [3.63, 3.8) is 0 Å². The topological polar surface area (TPSA) is 56.0 Å². The molecule has 0 aromatic heterocycles. The molecule has 0 aliphatic heterocycles. The lowest BCUT2D eigenvalue weighted by atomic mass is 9.81. The van der Waals surface area contributed by atoms with Gasteiger partial charge in [0.1, 0.15) is 0 Å². The van der Waals surface area contributed by atoms with Crippen LogP contribution in [0.15, 0.2) is 30.3 Å². The Balaban J connectivity index is 1.80. The molecular weight excluding hydrogens is 212 g/mol. The van der Waals surface area contributed by atoms with Gasteiger partial charge in [-0.1, -0.05) is 30.3 Å². The van der Waals surface area contributed by atoms with Crippen LogP contribution in [-0.4, -0.2) is 23.8 Å². The minimum absolute atomic E-state index is 0.0991. The van der Waals surface area contributed by atoms with Crippen LogP contribution in [0.2, 0.25) is 0 Å². The van der Waals surface area contributed by atoms with E-state index in [2.05, 4.69) is 23.5 Å². The first kappa shape index (κ1) is 12.1. The van der Waals surface area contributed by atoms with Crippen LogP contribution in [0.4, 0.5) is 0 Å². The second-order valence-electron chi connectivity index (χ2n) is 4.73. The smallest absolute Gasteiger partial charge is 0.0657 e. The highest BCUT2D eigenvalue weighted by Crippen LogP contribution is 2.26. The van der Waals surface area contributed by atoms with E-state index in [1.165, 1.54) is 5.56 Å². The van der Waals surface area contributed by atoms with E-state index in [4.69, 9.17) is 5.26 Å². The molecule has 0 heterocycles. The van der Waals surface area contributed by atoms with Crippen molar-refractivity contribution in [1.82, 2.24) is 5.32 Å². The summed E-state index contributed by atoms with van der Waals surface area (Å²) >= 11 is 0. The summed E-state index contributed by atoms with van der Waals surface area (Å²) in [5.41, 5.74) is 1.23. The third kappa shape index (κ3) is 3.29. The van der Waals surface area contributed by atoms with E-state index in [0.717, 1.165) is 19.3 Å². The quantitative estimate of drug-likeness (QED) is 0.805. The molecular formula is C14H18N2O. The number of benzene rings is 1. The third-order valence-electron chi connectivity index (χ3n) is 3.34. The third-order valence-corrected chi connectivity index (χ3v) is 3.34. The Morgan fingerprint density at radius 1 is 1.35 bits per heavy atom. The number of nitriles is 1. The van der Waals surface area contributed by atoms with E-state index in [9.17, 15) is 5.11 Å². The molecule has 90 valence electrons. The summed E-state index contributed by atoms with van der Waals surface area (Å²) in [6, 6.07) is 12.9. The number of nitrogens with one attached hydrogen (secondary N) is 1. The molecule has 17 heavy (non-hydrogen) atoms. The first-order valence-electron chi connectivity index (χ1n) is 6.12. The lowest BCUT2D eigenvalue weighted by molar-refractivity contribution is 0.189. The Morgan fingerprint density at radius 2 is 2.06 bits per heavy atom. The zero-order chi connectivity index (χ0) is 12.1. The number of aliphatic hydroxyl groups excluding tert-OH is 1. The zero-order valence-electron chi connectivity index (χ0n) is 9.84. The van der Waals surface area contributed by atoms with Crippen molar-refractivity contribution in [2.24, 2.45) is 5.92 Å². The van der Waals surface area contributed by atoms with Crippen LogP contribution in [0.1, 0.15) is 18.4 Å². The van der Waals surface area contributed by atoms with Crippen LogP contribution in [0.3, 0.4) is 0 Å². The van der Waals surface area contributed by atoms with E-state index in [1.54, 1.807) is 0 Å². The summed E-state index contributed by atoms with van der Waals surface area (Å²) in [6.45, 7) is 0.141. The monoisotopic (exact) mass is 230 g/mol. The van der Waals surface area contributed by atoms with Crippen molar-refractivity contribution in [3.8, 4) is 6.07 Å². The average molecular weight is 230 g/mol. The second kappa shape index (κ2) is 5.81. The molecule has 3 heteroatoms. The van der Waals surface area contributed by atoms with Gasteiger partial charge in [-0.25, -0.2) is 0 Å². The molecule has 0 bridgehead atoms. The number of hydrogen-bond acceptors (Lipinski definition) is 3. The van der Waals surface area contributed by atoms with Gasteiger partial charge >= 0.3 is 0 Å². The Labute approximate surface area is 102 Å². The Hall–Kier alpha value is -1.37. The minimum atomic E-state index is 0.0991. The van der Waals surface area contributed by atoms with Crippen LogP contribution < -0.4 is 5.32 Å². The number of hydrogen-bond donors (Lipinski definition) is 2. The molecule has 2 rings (SSSR count). The van der Waals surface area contributed by atoms with E-state index in [-0.39, 0.29) is 18.6 Å². The Kier molecular flexibility index (Phi) is 4.13. The maximum absolute atomic E-state index is 9.35. The lowest BCUT2D eigenvalue weighted by Crippen LogP contribution is -2.48. The van der Waals surface area contributed by atoms with Crippen LogP contribution in [0.25, 0.3) is 0 Å². The maximum Gasteiger partial charge on any atom is 0.0657 e. The van der Waals surface area contributed by atoms with E-state index in [0.29, 0.717) is 6.04 Å². The van der Waals surface area contributed by atoms with Crippen LogP contribution in [-0.2, 0) is 6.42 Å². The molecule has 1 aliphatic carbocycles. The van der Waals surface area contributed by atoms with Crippen LogP contribution >= 0.6 is 0 Å².